The molecule has 1 atom stereocenters. The highest BCUT2D eigenvalue weighted by Gasteiger charge is 2.44. The van der Waals surface area contributed by atoms with E-state index in [0.717, 1.165) is 12.8 Å². The van der Waals surface area contributed by atoms with Crippen molar-refractivity contribution in [3.8, 4) is 0 Å². The lowest BCUT2D eigenvalue weighted by molar-refractivity contribution is -0.145. The van der Waals surface area contributed by atoms with Gasteiger partial charge in [0.2, 0.25) is 10.0 Å². The van der Waals surface area contributed by atoms with Crippen molar-refractivity contribution in [1.29, 1.82) is 0 Å². The fourth-order valence-electron chi connectivity index (χ4n) is 1.93. The van der Waals surface area contributed by atoms with Gasteiger partial charge in [-0.1, -0.05) is 12.2 Å². The maximum Gasteiger partial charge on any atom is 0.623 e. The minimum atomic E-state index is -4.13. The third-order valence-electron chi connectivity index (χ3n) is 3.02. The van der Waals surface area contributed by atoms with Crippen molar-refractivity contribution in [2.45, 2.75) is 24.4 Å². The van der Waals surface area contributed by atoms with Gasteiger partial charge in [-0.05, 0) is 26.3 Å². The van der Waals surface area contributed by atoms with E-state index in [1.165, 1.54) is 18.0 Å². The summed E-state index contributed by atoms with van der Waals surface area (Å²) >= 11 is 5.56. The molecule has 0 aliphatic carbocycles. The number of hydrogen-bond donors (Lipinski definition) is 1. The Labute approximate surface area is 141 Å². The number of nitrogens with two attached hydrogens (primary N) is 1. The lowest BCUT2D eigenvalue weighted by Gasteiger charge is -2.24. The van der Waals surface area contributed by atoms with Gasteiger partial charge in [-0.25, -0.2) is 13.6 Å². The zero-order chi connectivity index (χ0) is 17.5. The molecule has 0 bridgehead atoms. The van der Waals surface area contributed by atoms with Crippen molar-refractivity contribution < 1.29 is 27.3 Å². The molecule has 11 heteroatoms. The first-order valence-corrected chi connectivity index (χ1v) is 9.20. The van der Waals surface area contributed by atoms with Crippen LogP contribution in [-0.2, 0) is 28.9 Å². The number of allylic oxidation sites excluding steroid dienone is 1. The monoisotopic (exact) mass is 366 g/mol. The zero-order valence-corrected chi connectivity index (χ0v) is 14.4. The zero-order valence-electron chi connectivity index (χ0n) is 12.8. The molecule has 23 heavy (non-hydrogen) atoms. The Balaban J connectivity index is 2.87. The Morgan fingerprint density at radius 1 is 1.30 bits per heavy atom. The van der Waals surface area contributed by atoms with Gasteiger partial charge in [0.05, 0.1) is 13.1 Å². The van der Waals surface area contributed by atoms with Gasteiger partial charge in [0.15, 0.2) is 5.15 Å². The second-order valence-corrected chi connectivity index (χ2v) is 7.29. The molecule has 8 nitrogen and oxygen atoms in total. The number of carbonyl (C=O) groups is 2. The van der Waals surface area contributed by atoms with E-state index in [9.17, 15) is 18.0 Å². The molecule has 1 heterocycles. The maximum atomic E-state index is 11.7. The molecule has 130 valence electrons. The number of nitrogens with zero attached hydrogens (tertiary/aromatic N) is 1. The summed E-state index contributed by atoms with van der Waals surface area (Å²) in [5.74, 6) is -0.888. The summed E-state index contributed by atoms with van der Waals surface area (Å²) in [6.07, 6.45) is 5.00. The van der Waals surface area contributed by atoms with E-state index in [4.69, 9.17) is 26.0 Å². The number of likely N-dealkylation sites (N-methyl/N-ethyl adjacent to an activating group) is 1. The van der Waals surface area contributed by atoms with Crippen molar-refractivity contribution in [3.05, 3.63) is 12.2 Å². The molecule has 0 aromatic heterocycles. The highest BCUT2D eigenvalue weighted by molar-refractivity contribution is 7.91. The molecule has 1 rings (SSSR count). The summed E-state index contributed by atoms with van der Waals surface area (Å²) in [6.45, 7) is -0.301. The second kappa shape index (κ2) is 9.26. The average molecular weight is 367 g/mol. The topological polar surface area (TPSA) is 116 Å². The fourth-order valence-corrected chi connectivity index (χ4v) is 2.87. The standard InChI is InChI=1S/C12H20BClN2O6S/c1-16-8-11(17)21-13(22-12(18)9-16)10(23(15,19)20)6-4-2-3-5-7-14/h4,6,10H,2-3,5,7-9H2,1H3,(H2,15,19,20). The Bertz CT molecular complexity index is 536. The number of halogens is 1. The molecule has 0 saturated carbocycles. The van der Waals surface area contributed by atoms with E-state index in [1.807, 2.05) is 0 Å². The van der Waals surface area contributed by atoms with Gasteiger partial charge in [-0.15, -0.1) is 11.6 Å². The summed E-state index contributed by atoms with van der Waals surface area (Å²) in [7, 11) is -4.18. The maximum absolute atomic E-state index is 11.7. The number of unbranched alkanes of at least 4 members (excludes halogenated alkanes) is 2. The van der Waals surface area contributed by atoms with Gasteiger partial charge in [-0.2, -0.15) is 0 Å². The molecule has 1 fully saturated rings. The molecular formula is C12H20BClN2O6S. The van der Waals surface area contributed by atoms with E-state index in [2.05, 4.69) is 0 Å². The van der Waals surface area contributed by atoms with Crippen LogP contribution in [0.4, 0.5) is 0 Å². The van der Waals surface area contributed by atoms with Crippen LogP contribution in [-0.4, -0.2) is 63.5 Å². The van der Waals surface area contributed by atoms with Gasteiger partial charge < -0.3 is 9.31 Å². The van der Waals surface area contributed by atoms with Crippen molar-refractivity contribution in [3.63, 3.8) is 0 Å². The third-order valence-corrected chi connectivity index (χ3v) is 4.43. The summed E-state index contributed by atoms with van der Waals surface area (Å²) in [4.78, 5) is 24.8. The summed E-state index contributed by atoms with van der Waals surface area (Å²) in [5, 5.41) is 3.72. The molecule has 1 unspecified atom stereocenters. The lowest BCUT2D eigenvalue weighted by atomic mass is 9.83. The van der Waals surface area contributed by atoms with Crippen molar-refractivity contribution in [2.24, 2.45) is 5.14 Å². The van der Waals surface area contributed by atoms with Crippen LogP contribution in [0.15, 0.2) is 12.2 Å². The van der Waals surface area contributed by atoms with E-state index in [0.29, 0.717) is 12.3 Å². The minimum Gasteiger partial charge on any atom is -0.497 e. The van der Waals surface area contributed by atoms with E-state index >= 15 is 0 Å². The molecule has 0 spiro atoms. The van der Waals surface area contributed by atoms with Crippen LogP contribution in [0, 0.1) is 0 Å². The van der Waals surface area contributed by atoms with Gasteiger partial charge in [0.1, 0.15) is 0 Å². The van der Waals surface area contributed by atoms with Gasteiger partial charge >= 0.3 is 19.1 Å². The molecular weight excluding hydrogens is 346 g/mol. The first kappa shape index (κ1) is 20.0. The first-order chi connectivity index (χ1) is 10.7. The second-order valence-electron chi connectivity index (χ2n) is 5.19. The average Bonchev–Trinajstić information content (AvgIpc) is 2.38. The summed E-state index contributed by atoms with van der Waals surface area (Å²) in [5.41, 5.74) is 0. The van der Waals surface area contributed by atoms with Crippen LogP contribution < -0.4 is 5.14 Å². The number of alkyl halides is 1. The summed E-state index contributed by atoms with van der Waals surface area (Å²) in [6, 6.07) is 0. The molecule has 0 radical (unpaired) electrons. The predicted octanol–water partition coefficient (Wildman–Crippen LogP) is -0.332. The van der Waals surface area contributed by atoms with Crippen LogP contribution in [0.5, 0.6) is 0 Å². The first-order valence-electron chi connectivity index (χ1n) is 7.05. The van der Waals surface area contributed by atoms with Crippen molar-refractivity contribution in [2.75, 3.05) is 26.0 Å². The van der Waals surface area contributed by atoms with Gasteiger partial charge in [0, 0.05) is 5.88 Å². The van der Waals surface area contributed by atoms with Crippen molar-refractivity contribution in [1.82, 2.24) is 4.90 Å². The number of rotatable bonds is 7. The third kappa shape index (κ3) is 7.34. The fraction of sp³-hybridized carbons (Fsp3) is 0.667. The molecule has 1 aliphatic heterocycles. The molecule has 0 aromatic carbocycles. The van der Waals surface area contributed by atoms with Crippen molar-refractivity contribution >= 4 is 40.7 Å². The molecule has 1 saturated heterocycles. The SMILES string of the molecule is CN1CC(=O)OB(C(C=CCCCCCl)S(N)(=O)=O)OC(=O)C1. The molecule has 0 amide bonds. The van der Waals surface area contributed by atoms with Crippen LogP contribution >= 0.6 is 11.6 Å². The van der Waals surface area contributed by atoms with Crippen LogP contribution in [0.3, 0.4) is 0 Å². The number of sulfonamides is 1. The van der Waals surface area contributed by atoms with Crippen LogP contribution in [0.2, 0.25) is 0 Å². The van der Waals surface area contributed by atoms with Gasteiger partial charge in [0.25, 0.3) is 0 Å². The largest absolute Gasteiger partial charge is 0.623 e. The van der Waals surface area contributed by atoms with Crippen LogP contribution in [0.1, 0.15) is 19.3 Å². The highest BCUT2D eigenvalue weighted by Crippen LogP contribution is 2.12. The smallest absolute Gasteiger partial charge is 0.497 e. The molecule has 0 aromatic rings. The number of primary sulfonamides is 1. The predicted molar refractivity (Wildman–Crippen MR) is 86.0 cm³/mol. The Morgan fingerprint density at radius 3 is 2.35 bits per heavy atom. The molecule has 2 N–H and O–H groups in total. The number of carbonyl (C=O) groups excluding carboxylic acids is 2. The highest BCUT2D eigenvalue weighted by atomic mass is 35.5. The molecule has 1 aliphatic rings. The van der Waals surface area contributed by atoms with E-state index in [1.54, 1.807) is 6.08 Å². The summed E-state index contributed by atoms with van der Waals surface area (Å²) < 4.78 is 33.4. The Hall–Kier alpha value is -1.10. The minimum absolute atomic E-state index is 0.150. The van der Waals surface area contributed by atoms with E-state index in [-0.39, 0.29) is 13.1 Å². The normalized spacial score (nSPS) is 19.2. The quantitative estimate of drug-likeness (QED) is 0.284. The Morgan fingerprint density at radius 2 is 1.87 bits per heavy atom. The lowest BCUT2D eigenvalue weighted by Crippen LogP contribution is -2.51. The van der Waals surface area contributed by atoms with Gasteiger partial charge in [-0.3, -0.25) is 14.5 Å². The number of hydrogen-bond acceptors (Lipinski definition) is 7. The van der Waals surface area contributed by atoms with Crippen LogP contribution in [0.25, 0.3) is 0 Å². The van der Waals surface area contributed by atoms with E-state index < -0.39 is 34.2 Å². The Kier molecular flexibility index (Phi) is 8.03.